The van der Waals surface area contributed by atoms with Gasteiger partial charge in [-0.3, -0.25) is 4.79 Å². The largest absolute Gasteiger partial charge is 0.464 e. The second kappa shape index (κ2) is 8.83. The zero-order chi connectivity index (χ0) is 16.7. The van der Waals surface area contributed by atoms with Gasteiger partial charge in [0.05, 0.1) is 13.0 Å². The van der Waals surface area contributed by atoms with E-state index in [1.165, 1.54) is 17.3 Å². The van der Waals surface area contributed by atoms with Crippen LogP contribution in [-0.4, -0.2) is 36.5 Å². The lowest BCUT2D eigenvalue weighted by molar-refractivity contribution is -0.146. The molecule has 1 aromatic rings. The molecule has 0 heterocycles. The van der Waals surface area contributed by atoms with E-state index in [1.807, 2.05) is 27.0 Å². The minimum Gasteiger partial charge on any atom is -0.464 e. The normalized spacial score (nSPS) is 11.9. The highest BCUT2D eigenvalue weighted by Crippen LogP contribution is 2.17. The summed E-state index contributed by atoms with van der Waals surface area (Å²) in [5, 5.41) is 2.79. The first-order valence-electron chi connectivity index (χ1n) is 7.40. The molecule has 0 bridgehead atoms. The van der Waals surface area contributed by atoms with E-state index in [1.54, 1.807) is 6.92 Å². The number of rotatable bonds is 7. The Kier molecular flexibility index (Phi) is 7.45. The number of carbonyl (C=O) groups is 2. The van der Waals surface area contributed by atoms with Gasteiger partial charge >= 0.3 is 5.97 Å². The molecule has 5 heteroatoms. The third-order valence-electron chi connectivity index (χ3n) is 3.42. The van der Waals surface area contributed by atoms with Gasteiger partial charge in [0, 0.05) is 5.75 Å². The highest BCUT2D eigenvalue weighted by atomic mass is 32.2. The molecule has 0 saturated heterocycles. The van der Waals surface area contributed by atoms with Crippen molar-refractivity contribution in [1.29, 1.82) is 0 Å². The van der Waals surface area contributed by atoms with Crippen LogP contribution in [0.3, 0.4) is 0 Å². The molecule has 1 amide bonds. The summed E-state index contributed by atoms with van der Waals surface area (Å²) in [6, 6.07) is 3.55. The lowest BCUT2D eigenvalue weighted by Crippen LogP contribution is -2.44. The Hall–Kier alpha value is -1.49. The molecule has 0 radical (unpaired) electrons. The fourth-order valence-corrected chi connectivity index (χ4v) is 3.03. The number of thioether (sulfide) groups is 1. The molecule has 0 aliphatic rings. The van der Waals surface area contributed by atoms with Crippen molar-refractivity contribution < 1.29 is 14.3 Å². The number of esters is 1. The quantitative estimate of drug-likeness (QED) is 0.784. The van der Waals surface area contributed by atoms with Crippen LogP contribution in [0.25, 0.3) is 0 Å². The Morgan fingerprint density at radius 3 is 2.32 bits per heavy atom. The highest BCUT2D eigenvalue weighted by molar-refractivity contribution is 7.98. The van der Waals surface area contributed by atoms with Crippen molar-refractivity contribution in [3.05, 3.63) is 34.4 Å². The molecule has 0 aliphatic carbocycles. The summed E-state index contributed by atoms with van der Waals surface area (Å²) < 4.78 is 5.00. The summed E-state index contributed by atoms with van der Waals surface area (Å²) in [5.41, 5.74) is 4.41. The summed E-state index contributed by atoms with van der Waals surface area (Å²) >= 11 is 1.50. The van der Waals surface area contributed by atoms with E-state index in [-0.39, 0.29) is 18.3 Å². The van der Waals surface area contributed by atoms with Crippen LogP contribution >= 0.6 is 11.8 Å². The highest BCUT2D eigenvalue weighted by Gasteiger charge is 2.22. The lowest BCUT2D eigenvalue weighted by atomic mass is 9.97. The van der Waals surface area contributed by atoms with E-state index in [0.29, 0.717) is 12.4 Å². The summed E-state index contributed by atoms with van der Waals surface area (Å²) in [5.74, 6) is -0.0131. The predicted molar refractivity (Wildman–Crippen MR) is 91.3 cm³/mol. The third kappa shape index (κ3) is 5.37. The number of aryl methyl sites for hydroxylation is 3. The standard InChI is InChI=1S/C17H25NO3S/c1-6-21-17(20)15(10-22-5)18-16(19)9-14-12(3)7-11(2)8-13(14)4/h7-8,15H,6,9-10H2,1-5H3,(H,18,19). The number of hydrogen-bond donors (Lipinski definition) is 1. The van der Waals surface area contributed by atoms with Crippen molar-refractivity contribution in [2.45, 2.75) is 40.2 Å². The average Bonchev–Trinajstić information content (AvgIpc) is 2.42. The van der Waals surface area contributed by atoms with Crippen molar-refractivity contribution in [3.63, 3.8) is 0 Å². The molecule has 1 atom stereocenters. The van der Waals surface area contributed by atoms with E-state index in [2.05, 4.69) is 17.4 Å². The molecule has 4 nitrogen and oxygen atoms in total. The second-order valence-electron chi connectivity index (χ2n) is 5.38. The molecule has 0 spiro atoms. The number of nitrogens with one attached hydrogen (secondary N) is 1. The van der Waals surface area contributed by atoms with Gasteiger partial charge in [0.1, 0.15) is 6.04 Å². The van der Waals surface area contributed by atoms with Gasteiger partial charge in [-0.1, -0.05) is 17.7 Å². The van der Waals surface area contributed by atoms with Gasteiger partial charge in [0.15, 0.2) is 0 Å². The molecule has 1 rings (SSSR count). The first-order valence-corrected chi connectivity index (χ1v) is 8.80. The van der Waals surface area contributed by atoms with E-state index in [9.17, 15) is 9.59 Å². The molecular weight excluding hydrogens is 298 g/mol. The number of carbonyl (C=O) groups excluding carboxylic acids is 2. The number of amides is 1. The lowest BCUT2D eigenvalue weighted by Gasteiger charge is -2.17. The SMILES string of the molecule is CCOC(=O)C(CSC)NC(=O)Cc1c(C)cc(C)cc1C. The molecule has 22 heavy (non-hydrogen) atoms. The molecule has 122 valence electrons. The fourth-order valence-electron chi connectivity index (χ4n) is 2.47. The zero-order valence-electron chi connectivity index (χ0n) is 14.0. The van der Waals surface area contributed by atoms with Crippen molar-refractivity contribution in [2.75, 3.05) is 18.6 Å². The fraction of sp³-hybridized carbons (Fsp3) is 0.529. The molecule has 1 unspecified atom stereocenters. The third-order valence-corrected chi connectivity index (χ3v) is 4.08. The Labute approximate surface area is 137 Å². The van der Waals surface area contributed by atoms with Crippen LogP contribution in [0, 0.1) is 20.8 Å². The average molecular weight is 323 g/mol. The maximum Gasteiger partial charge on any atom is 0.329 e. The van der Waals surface area contributed by atoms with Gasteiger partial charge < -0.3 is 10.1 Å². The van der Waals surface area contributed by atoms with E-state index < -0.39 is 6.04 Å². The van der Waals surface area contributed by atoms with Crippen LogP contribution in [0.15, 0.2) is 12.1 Å². The van der Waals surface area contributed by atoms with E-state index >= 15 is 0 Å². The van der Waals surface area contributed by atoms with Crippen LogP contribution in [0.2, 0.25) is 0 Å². The molecule has 1 aromatic carbocycles. The molecule has 0 fully saturated rings. The number of hydrogen-bond acceptors (Lipinski definition) is 4. The van der Waals surface area contributed by atoms with Gasteiger partial charge in [-0.25, -0.2) is 4.79 Å². The van der Waals surface area contributed by atoms with Gasteiger partial charge in [-0.15, -0.1) is 0 Å². The maximum atomic E-state index is 12.3. The topological polar surface area (TPSA) is 55.4 Å². The van der Waals surface area contributed by atoms with Crippen LogP contribution in [0.4, 0.5) is 0 Å². The molecule has 0 aliphatic heterocycles. The van der Waals surface area contributed by atoms with Gasteiger partial charge in [0.25, 0.3) is 0 Å². The molecular formula is C17H25NO3S. The second-order valence-corrected chi connectivity index (χ2v) is 6.29. The van der Waals surface area contributed by atoms with E-state index in [0.717, 1.165) is 16.7 Å². The summed E-state index contributed by atoms with van der Waals surface area (Å²) in [4.78, 5) is 24.1. The van der Waals surface area contributed by atoms with Crippen LogP contribution < -0.4 is 5.32 Å². The summed E-state index contributed by atoms with van der Waals surface area (Å²) in [7, 11) is 0. The summed E-state index contributed by atoms with van der Waals surface area (Å²) in [6.07, 6.45) is 2.18. The minimum absolute atomic E-state index is 0.151. The number of ether oxygens (including phenoxy) is 1. The maximum absolute atomic E-state index is 12.3. The van der Waals surface area contributed by atoms with Gasteiger partial charge in [0.2, 0.25) is 5.91 Å². The monoisotopic (exact) mass is 323 g/mol. The van der Waals surface area contributed by atoms with Gasteiger partial charge in [-0.2, -0.15) is 11.8 Å². The van der Waals surface area contributed by atoms with Crippen molar-refractivity contribution in [3.8, 4) is 0 Å². The predicted octanol–water partition coefficient (Wildman–Crippen LogP) is 2.57. The Morgan fingerprint density at radius 1 is 1.23 bits per heavy atom. The van der Waals surface area contributed by atoms with Crippen molar-refractivity contribution in [1.82, 2.24) is 5.32 Å². The first-order chi connectivity index (χ1) is 10.4. The van der Waals surface area contributed by atoms with Crippen LogP contribution in [0.1, 0.15) is 29.2 Å². The summed E-state index contributed by atoms with van der Waals surface area (Å²) in [6.45, 7) is 8.13. The van der Waals surface area contributed by atoms with Crippen molar-refractivity contribution in [2.24, 2.45) is 0 Å². The molecule has 0 saturated carbocycles. The number of benzene rings is 1. The van der Waals surface area contributed by atoms with Crippen LogP contribution in [0.5, 0.6) is 0 Å². The van der Waals surface area contributed by atoms with E-state index in [4.69, 9.17) is 4.74 Å². The van der Waals surface area contributed by atoms with Crippen LogP contribution in [-0.2, 0) is 20.7 Å². The zero-order valence-corrected chi connectivity index (χ0v) is 14.8. The Bertz CT molecular complexity index is 520. The van der Waals surface area contributed by atoms with Gasteiger partial charge in [-0.05, 0) is 50.6 Å². The Morgan fingerprint density at radius 2 is 1.82 bits per heavy atom. The smallest absolute Gasteiger partial charge is 0.329 e. The molecule has 1 N–H and O–H groups in total. The first kappa shape index (κ1) is 18.6. The van der Waals surface area contributed by atoms with Crippen molar-refractivity contribution >= 4 is 23.6 Å². The minimum atomic E-state index is -0.589. The molecule has 0 aromatic heterocycles. The Balaban J connectivity index is 2.77.